The van der Waals surface area contributed by atoms with Crippen molar-refractivity contribution in [2.45, 2.75) is 38.5 Å². The Bertz CT molecular complexity index is 89.5. The molecule has 0 rings (SSSR count). The Balaban J connectivity index is 3.52. The number of halogens is 3. The van der Waals surface area contributed by atoms with E-state index in [4.69, 9.17) is 5.11 Å². The van der Waals surface area contributed by atoms with Crippen LogP contribution in [-0.4, -0.2) is 17.4 Å². The van der Waals surface area contributed by atoms with Crippen molar-refractivity contribution < 1.29 is 18.3 Å². The number of aliphatic hydroxyl groups excluding tert-OH is 1. The van der Waals surface area contributed by atoms with Gasteiger partial charge in [0.1, 0.15) is 6.10 Å². The van der Waals surface area contributed by atoms with Crippen molar-refractivity contribution >= 4 is 0 Å². The van der Waals surface area contributed by atoms with Gasteiger partial charge in [0, 0.05) is 0 Å². The molecule has 0 saturated heterocycles. The minimum absolute atomic E-state index is 0.181. The van der Waals surface area contributed by atoms with Crippen LogP contribution < -0.4 is 0 Å². The molecule has 0 aromatic rings. The van der Waals surface area contributed by atoms with Crippen LogP contribution >= 0.6 is 0 Å². The van der Waals surface area contributed by atoms with Crippen LogP contribution in [0.25, 0.3) is 0 Å². The summed E-state index contributed by atoms with van der Waals surface area (Å²) in [4.78, 5) is 0. The molecule has 0 heterocycles. The summed E-state index contributed by atoms with van der Waals surface area (Å²) in [6.07, 6.45) is -5.66. The first-order valence-electron chi connectivity index (χ1n) is 3.23. The zero-order chi connectivity index (χ0) is 8.20. The molecule has 0 aliphatic rings. The molecule has 4 heteroatoms. The van der Waals surface area contributed by atoms with E-state index in [-0.39, 0.29) is 6.42 Å². The van der Waals surface area contributed by atoms with Crippen LogP contribution in [-0.2, 0) is 0 Å². The summed E-state index contributed by atoms with van der Waals surface area (Å²) >= 11 is 0. The van der Waals surface area contributed by atoms with E-state index >= 15 is 0 Å². The molecule has 1 nitrogen and oxygen atoms in total. The average Bonchev–Trinajstić information content (AvgIpc) is 1.80. The fraction of sp³-hybridized carbons (Fsp3) is 1.00. The highest BCUT2D eigenvalue weighted by molar-refractivity contribution is 4.63. The lowest BCUT2D eigenvalue weighted by atomic mass is 10.1. The standard InChI is InChI=1S/C6H11F3O/c1-2-3-4-5(10)6(7,8)9/h5,10H,2-4H2,1H3. The van der Waals surface area contributed by atoms with Crippen LogP contribution in [0.4, 0.5) is 13.2 Å². The smallest absolute Gasteiger partial charge is 0.384 e. The van der Waals surface area contributed by atoms with Crippen molar-refractivity contribution in [3.63, 3.8) is 0 Å². The third-order valence-corrected chi connectivity index (χ3v) is 1.21. The number of alkyl halides is 3. The average molecular weight is 156 g/mol. The number of aliphatic hydroxyl groups is 1. The van der Waals surface area contributed by atoms with Crippen LogP contribution in [0.2, 0.25) is 0 Å². The van der Waals surface area contributed by atoms with Crippen LogP contribution in [0, 0.1) is 0 Å². The van der Waals surface area contributed by atoms with Gasteiger partial charge in [-0.15, -0.1) is 0 Å². The monoisotopic (exact) mass is 156 g/mol. The minimum Gasteiger partial charge on any atom is -0.384 e. The van der Waals surface area contributed by atoms with Gasteiger partial charge in [-0.2, -0.15) is 13.2 Å². The maximum absolute atomic E-state index is 11.5. The highest BCUT2D eigenvalue weighted by Gasteiger charge is 2.37. The molecule has 0 amide bonds. The normalized spacial score (nSPS) is 15.3. The minimum atomic E-state index is -4.44. The van der Waals surface area contributed by atoms with Crippen molar-refractivity contribution in [2.75, 3.05) is 0 Å². The van der Waals surface area contributed by atoms with Crippen LogP contribution in [0.3, 0.4) is 0 Å². The van der Waals surface area contributed by atoms with Gasteiger partial charge in [-0.3, -0.25) is 0 Å². The molecule has 0 aliphatic heterocycles. The Kier molecular flexibility index (Phi) is 3.71. The maximum Gasteiger partial charge on any atom is 0.414 e. The molecule has 1 unspecified atom stereocenters. The van der Waals surface area contributed by atoms with Crippen molar-refractivity contribution in [3.8, 4) is 0 Å². The van der Waals surface area contributed by atoms with Gasteiger partial charge >= 0.3 is 6.18 Å². The fourth-order valence-electron chi connectivity index (χ4n) is 0.561. The highest BCUT2D eigenvalue weighted by Crippen LogP contribution is 2.23. The molecular formula is C6H11F3O. The lowest BCUT2D eigenvalue weighted by Gasteiger charge is -2.12. The molecule has 0 aliphatic carbocycles. The summed E-state index contributed by atoms with van der Waals surface area (Å²) in [7, 11) is 0. The van der Waals surface area contributed by atoms with E-state index in [0.717, 1.165) is 0 Å². The predicted molar refractivity (Wildman–Crippen MR) is 31.6 cm³/mol. The molecule has 1 atom stereocenters. The lowest BCUT2D eigenvalue weighted by Crippen LogP contribution is -2.28. The molecule has 0 bridgehead atoms. The van der Waals surface area contributed by atoms with E-state index in [1.54, 1.807) is 6.92 Å². The zero-order valence-corrected chi connectivity index (χ0v) is 5.78. The lowest BCUT2D eigenvalue weighted by molar-refractivity contribution is -0.205. The van der Waals surface area contributed by atoms with Crippen LogP contribution in [0.5, 0.6) is 0 Å². The second-order valence-electron chi connectivity index (χ2n) is 2.20. The van der Waals surface area contributed by atoms with Gasteiger partial charge in [0.25, 0.3) is 0 Å². The van der Waals surface area contributed by atoms with Crippen LogP contribution in [0.15, 0.2) is 0 Å². The Morgan fingerprint density at radius 1 is 1.40 bits per heavy atom. The molecule has 0 fully saturated rings. The molecule has 62 valence electrons. The Morgan fingerprint density at radius 3 is 2.20 bits per heavy atom. The SMILES string of the molecule is CCCCC(O)C(F)(F)F. The van der Waals surface area contributed by atoms with Crippen molar-refractivity contribution in [2.24, 2.45) is 0 Å². The van der Waals surface area contributed by atoms with E-state index in [9.17, 15) is 13.2 Å². The summed E-state index contributed by atoms with van der Waals surface area (Å²) in [6, 6.07) is 0. The highest BCUT2D eigenvalue weighted by atomic mass is 19.4. The second kappa shape index (κ2) is 3.81. The van der Waals surface area contributed by atoms with E-state index in [1.807, 2.05) is 0 Å². The van der Waals surface area contributed by atoms with Gasteiger partial charge in [0.15, 0.2) is 0 Å². The van der Waals surface area contributed by atoms with Gasteiger partial charge in [-0.1, -0.05) is 19.8 Å². The molecule has 1 N–H and O–H groups in total. The molecular weight excluding hydrogens is 145 g/mol. The first-order chi connectivity index (χ1) is 4.48. The first-order valence-corrected chi connectivity index (χ1v) is 3.23. The van der Waals surface area contributed by atoms with Gasteiger partial charge in [0.2, 0.25) is 0 Å². The van der Waals surface area contributed by atoms with E-state index < -0.39 is 12.3 Å². The third-order valence-electron chi connectivity index (χ3n) is 1.21. The van der Waals surface area contributed by atoms with Crippen molar-refractivity contribution in [1.29, 1.82) is 0 Å². The number of unbranched alkanes of at least 4 members (excludes halogenated alkanes) is 1. The topological polar surface area (TPSA) is 20.2 Å². The quantitative estimate of drug-likeness (QED) is 0.663. The molecule has 0 saturated carbocycles. The van der Waals surface area contributed by atoms with E-state index in [1.165, 1.54) is 0 Å². The van der Waals surface area contributed by atoms with Gasteiger partial charge in [-0.05, 0) is 6.42 Å². The van der Waals surface area contributed by atoms with Gasteiger partial charge in [0.05, 0.1) is 0 Å². The van der Waals surface area contributed by atoms with Crippen molar-refractivity contribution in [3.05, 3.63) is 0 Å². The maximum atomic E-state index is 11.5. The molecule has 0 aromatic heterocycles. The Morgan fingerprint density at radius 2 is 1.90 bits per heavy atom. The molecule has 10 heavy (non-hydrogen) atoms. The predicted octanol–water partition coefficient (Wildman–Crippen LogP) is 2.10. The first kappa shape index (κ1) is 9.75. The second-order valence-corrected chi connectivity index (χ2v) is 2.20. The summed E-state index contributed by atoms with van der Waals surface area (Å²) in [5.74, 6) is 0. The number of rotatable bonds is 3. The van der Waals surface area contributed by atoms with Crippen LogP contribution in [0.1, 0.15) is 26.2 Å². The summed E-state index contributed by atoms with van der Waals surface area (Å²) < 4.78 is 34.6. The van der Waals surface area contributed by atoms with Crippen molar-refractivity contribution in [1.82, 2.24) is 0 Å². The summed E-state index contributed by atoms with van der Waals surface area (Å²) in [5.41, 5.74) is 0. The van der Waals surface area contributed by atoms with Gasteiger partial charge < -0.3 is 5.11 Å². The molecule has 0 spiro atoms. The Labute approximate surface area is 57.9 Å². The largest absolute Gasteiger partial charge is 0.414 e. The third kappa shape index (κ3) is 3.71. The van der Waals surface area contributed by atoms with Gasteiger partial charge in [-0.25, -0.2) is 0 Å². The Hall–Kier alpha value is -0.250. The number of hydrogen-bond donors (Lipinski definition) is 1. The van der Waals surface area contributed by atoms with E-state index in [2.05, 4.69) is 0 Å². The zero-order valence-electron chi connectivity index (χ0n) is 5.78. The number of hydrogen-bond acceptors (Lipinski definition) is 1. The fourth-order valence-corrected chi connectivity index (χ4v) is 0.561. The molecule has 0 radical (unpaired) electrons. The molecule has 0 aromatic carbocycles. The summed E-state index contributed by atoms with van der Waals surface area (Å²) in [5, 5.41) is 8.39. The van der Waals surface area contributed by atoms with E-state index in [0.29, 0.717) is 12.8 Å². The summed E-state index contributed by atoms with van der Waals surface area (Å²) in [6.45, 7) is 1.78.